The first kappa shape index (κ1) is 28.5. The molecule has 2 unspecified atom stereocenters. The molecule has 6 bridgehead atoms. The summed E-state index contributed by atoms with van der Waals surface area (Å²) >= 11 is 4.25. The summed E-state index contributed by atoms with van der Waals surface area (Å²) < 4.78 is 1.32. The fourth-order valence-electron chi connectivity index (χ4n) is 4.59. The molecule has 4 aromatic rings. The number of benzene rings is 4. The van der Waals surface area contributed by atoms with Gasteiger partial charge in [-0.15, -0.1) is 23.3 Å². The molecule has 4 aromatic carbocycles. The molecule has 0 radical (unpaired) electrons. The van der Waals surface area contributed by atoms with Crippen molar-refractivity contribution >= 4 is 46.5 Å². The zero-order chi connectivity index (χ0) is 21.5. The van der Waals surface area contributed by atoms with Crippen LogP contribution in [0.1, 0.15) is 45.2 Å². The number of rotatable bonds is 1. The Morgan fingerprint density at radius 3 is 2.14 bits per heavy atom. The van der Waals surface area contributed by atoms with Gasteiger partial charge < -0.3 is 24.8 Å². The second-order valence-corrected chi connectivity index (χ2v) is 10.4. The van der Waals surface area contributed by atoms with Crippen LogP contribution < -0.4 is 24.8 Å². The maximum absolute atomic E-state index is 3.46. The van der Waals surface area contributed by atoms with Gasteiger partial charge in [0.2, 0.25) is 0 Å². The Labute approximate surface area is 256 Å². The quantitative estimate of drug-likeness (QED) is 0.217. The van der Waals surface area contributed by atoms with Crippen LogP contribution in [0.15, 0.2) is 101 Å². The topological polar surface area (TPSA) is 0 Å². The molecule has 0 fully saturated rings. The summed E-state index contributed by atoms with van der Waals surface area (Å²) in [5.74, 6) is 0.645. The van der Waals surface area contributed by atoms with Crippen LogP contribution in [0.25, 0.3) is 12.2 Å². The molecule has 2 atom stereocenters. The Hall–Kier alpha value is -1.10. The average molecular weight is 701 g/mol. The summed E-state index contributed by atoms with van der Waals surface area (Å²) in [6, 6.07) is 32.5. The van der Waals surface area contributed by atoms with E-state index in [1.807, 2.05) is 11.8 Å². The fourth-order valence-corrected chi connectivity index (χ4v) is 6.35. The van der Waals surface area contributed by atoms with E-state index in [1.54, 1.807) is 0 Å². The normalized spacial score (nSPS) is 16.8. The number of hydrogen-bond donors (Lipinski definition) is 0. The van der Waals surface area contributed by atoms with Crippen LogP contribution in [0.2, 0.25) is 0 Å². The first-order valence-corrected chi connectivity index (χ1v) is 12.6. The standard InChI is InChI=1S/C15H10I.C15H9S.2ClH.Zr/c16-14-8-4-7-12-9-10-13(15(12)14)11-5-2-1-3-6-11;1-2-10-8-12(3-1)16-13-5-7-15-11(9-13)4-6-14(10)15;;;/h1-9,13H;1-5,7-9,14H;2*1H;/q2*-1;;;+4/p-2. The van der Waals surface area contributed by atoms with Crippen molar-refractivity contribution in [3.63, 3.8) is 0 Å². The third kappa shape index (κ3) is 5.75. The number of hydrogen-bond acceptors (Lipinski definition) is 1. The van der Waals surface area contributed by atoms with Gasteiger partial charge in [-0.2, -0.15) is 11.1 Å². The third-order valence-corrected chi connectivity index (χ3v) is 8.04. The van der Waals surface area contributed by atoms with Gasteiger partial charge in [-0.1, -0.05) is 101 Å². The molecule has 35 heavy (non-hydrogen) atoms. The summed E-state index contributed by atoms with van der Waals surface area (Å²) in [4.78, 5) is 2.64. The van der Waals surface area contributed by atoms with E-state index in [0.717, 1.165) is 0 Å². The van der Waals surface area contributed by atoms with Crippen LogP contribution in [0.4, 0.5) is 0 Å². The smallest absolute Gasteiger partial charge is 1.00 e. The molecule has 0 saturated carbocycles. The molecular formula is C30H19Cl2ISZr. The van der Waals surface area contributed by atoms with Crippen LogP contribution in [-0.4, -0.2) is 0 Å². The maximum atomic E-state index is 3.46. The minimum absolute atomic E-state index is 0. The minimum atomic E-state index is 0. The molecule has 0 amide bonds. The van der Waals surface area contributed by atoms with Gasteiger partial charge in [-0.25, -0.2) is 12.2 Å². The molecule has 0 saturated heterocycles. The minimum Gasteiger partial charge on any atom is -1.00 e. The van der Waals surface area contributed by atoms with E-state index < -0.39 is 0 Å². The van der Waals surface area contributed by atoms with Gasteiger partial charge >= 0.3 is 26.2 Å². The summed E-state index contributed by atoms with van der Waals surface area (Å²) in [6.07, 6.45) is 11.1. The van der Waals surface area contributed by atoms with Gasteiger partial charge in [0.25, 0.3) is 0 Å². The fraction of sp³-hybridized carbons (Fsp3) is 0.0667. The van der Waals surface area contributed by atoms with Gasteiger partial charge in [0.05, 0.1) is 0 Å². The predicted molar refractivity (Wildman–Crippen MR) is 142 cm³/mol. The van der Waals surface area contributed by atoms with Crippen molar-refractivity contribution in [3.05, 3.63) is 140 Å². The Bertz CT molecular complexity index is 1380. The molecule has 0 spiro atoms. The van der Waals surface area contributed by atoms with E-state index in [0.29, 0.717) is 11.8 Å². The van der Waals surface area contributed by atoms with Crippen molar-refractivity contribution in [1.29, 1.82) is 0 Å². The zero-order valence-corrected chi connectivity index (χ0v) is 25.5. The molecule has 8 rings (SSSR count). The number of halogens is 3. The van der Waals surface area contributed by atoms with Gasteiger partial charge in [0, 0.05) is 4.90 Å². The second-order valence-electron chi connectivity index (χ2n) is 8.11. The zero-order valence-electron chi connectivity index (χ0n) is 18.5. The van der Waals surface area contributed by atoms with Gasteiger partial charge in [0.1, 0.15) is 0 Å². The van der Waals surface area contributed by atoms with Crippen molar-refractivity contribution in [2.75, 3.05) is 0 Å². The predicted octanol–water partition coefficient (Wildman–Crippen LogP) is 2.37. The van der Waals surface area contributed by atoms with E-state index >= 15 is 0 Å². The largest absolute Gasteiger partial charge is 4.00 e. The van der Waals surface area contributed by atoms with Gasteiger partial charge in [-0.3, -0.25) is 12.2 Å². The Balaban J connectivity index is 0.000000180. The van der Waals surface area contributed by atoms with Crippen LogP contribution in [-0.2, 0) is 26.2 Å². The van der Waals surface area contributed by atoms with Crippen molar-refractivity contribution in [2.45, 2.75) is 21.6 Å². The molecule has 0 nitrogen and oxygen atoms in total. The third-order valence-electron chi connectivity index (χ3n) is 6.12. The molecule has 5 heteroatoms. The Morgan fingerprint density at radius 2 is 1.31 bits per heavy atom. The van der Waals surface area contributed by atoms with Crippen molar-refractivity contribution in [2.24, 2.45) is 0 Å². The van der Waals surface area contributed by atoms with Gasteiger partial charge in [0.15, 0.2) is 0 Å². The first-order chi connectivity index (χ1) is 15.8. The van der Waals surface area contributed by atoms with E-state index in [1.165, 1.54) is 46.7 Å². The summed E-state index contributed by atoms with van der Waals surface area (Å²) in [5.41, 5.74) is 8.10. The Morgan fingerprint density at radius 1 is 0.629 bits per heavy atom. The van der Waals surface area contributed by atoms with Crippen molar-refractivity contribution in [1.82, 2.24) is 0 Å². The van der Waals surface area contributed by atoms with Crippen LogP contribution in [0, 0.1) is 15.7 Å². The van der Waals surface area contributed by atoms with Crippen molar-refractivity contribution < 1.29 is 51.0 Å². The van der Waals surface area contributed by atoms with Crippen LogP contribution in [0.5, 0.6) is 0 Å². The van der Waals surface area contributed by atoms with E-state index in [2.05, 4.69) is 138 Å². The molecule has 2 aliphatic heterocycles. The Kier molecular flexibility index (Phi) is 10.1. The molecule has 2 heterocycles. The molecule has 0 aromatic heterocycles. The SMILES string of the molecule is Ic1cccc2c1C(c1ccccc1)[C-]=C2.[C-]1=Cc2cc3ccc2C1c1cccc(c1)S3.[Cl-].[Cl-].[Zr+4]. The summed E-state index contributed by atoms with van der Waals surface area (Å²) in [5, 5.41) is 0. The first-order valence-electron chi connectivity index (χ1n) is 10.7. The van der Waals surface area contributed by atoms with E-state index in [-0.39, 0.29) is 51.0 Å². The summed E-state index contributed by atoms with van der Waals surface area (Å²) in [6.45, 7) is 0. The van der Waals surface area contributed by atoms with E-state index in [9.17, 15) is 0 Å². The van der Waals surface area contributed by atoms with Crippen molar-refractivity contribution in [3.8, 4) is 0 Å². The monoisotopic (exact) mass is 698 g/mol. The van der Waals surface area contributed by atoms with Crippen LogP contribution >= 0.6 is 34.4 Å². The second kappa shape index (κ2) is 12.4. The molecule has 0 N–H and O–H groups in total. The average Bonchev–Trinajstić information content (AvgIpc) is 3.46. The number of allylic oxidation sites excluding steroid dienone is 2. The maximum Gasteiger partial charge on any atom is 4.00 e. The molecular weight excluding hydrogens is 681 g/mol. The molecule has 170 valence electrons. The summed E-state index contributed by atoms with van der Waals surface area (Å²) in [7, 11) is 0. The molecule has 4 aliphatic rings. The molecule has 2 aliphatic carbocycles. The van der Waals surface area contributed by atoms with E-state index in [4.69, 9.17) is 0 Å². The number of fused-ring (bicyclic) bond motifs is 2. The van der Waals surface area contributed by atoms with Gasteiger partial charge in [-0.05, 0) is 43.2 Å². The van der Waals surface area contributed by atoms with Crippen LogP contribution in [0.3, 0.4) is 0 Å².